The molecule has 0 aliphatic carbocycles. The summed E-state index contributed by atoms with van der Waals surface area (Å²) in [6.07, 6.45) is 8.28. The summed E-state index contributed by atoms with van der Waals surface area (Å²) in [4.78, 5) is 26.7. The van der Waals surface area contributed by atoms with Gasteiger partial charge in [-0.2, -0.15) is 5.10 Å². The lowest BCUT2D eigenvalue weighted by atomic mass is 10.1. The average Bonchev–Trinajstić information content (AvgIpc) is 3.59. The fraction of sp³-hybridized carbons (Fsp3) is 0.538. The lowest BCUT2D eigenvalue weighted by Crippen LogP contribution is -2.44. The van der Waals surface area contributed by atoms with Gasteiger partial charge < -0.3 is 25.0 Å². The maximum Gasteiger partial charge on any atom is 0.240 e. The number of nitrogens with two attached hydrogens (primary N) is 1. The van der Waals surface area contributed by atoms with Gasteiger partial charge in [-0.15, -0.1) is 0 Å². The molecule has 3 saturated heterocycles. The van der Waals surface area contributed by atoms with Gasteiger partial charge in [0.25, 0.3) is 0 Å². The smallest absolute Gasteiger partial charge is 0.240 e. The van der Waals surface area contributed by atoms with Crippen LogP contribution >= 0.6 is 0 Å². The zero-order valence-corrected chi connectivity index (χ0v) is 20.7. The normalized spacial score (nSPS) is 25.0. The van der Waals surface area contributed by atoms with Crippen LogP contribution in [0.5, 0.6) is 0 Å². The number of pyridine rings is 2. The van der Waals surface area contributed by atoms with Crippen LogP contribution in [0.25, 0.3) is 22.3 Å². The standard InChI is InChI=1S/C26H33N7O3/c1-17-16-35-14-12-31(17)22-15-21(32-11-4-5-20(32)26(27)34)18-7-9-28-25(24(18)30-22)19-8-10-29-33(19)23-6-2-3-13-36-23/h7-10,15,17,20,23H,2-6,11-14,16H2,1H3,(H2,27,34)/t17-,20+,23?/m1/s1. The van der Waals surface area contributed by atoms with Gasteiger partial charge in [0.15, 0.2) is 6.23 Å². The van der Waals surface area contributed by atoms with E-state index in [1.165, 1.54) is 0 Å². The molecule has 0 spiro atoms. The number of hydrogen-bond acceptors (Lipinski definition) is 8. The second kappa shape index (κ2) is 9.67. The molecule has 1 unspecified atom stereocenters. The van der Waals surface area contributed by atoms with Crippen molar-refractivity contribution in [1.29, 1.82) is 0 Å². The summed E-state index contributed by atoms with van der Waals surface area (Å²) in [7, 11) is 0. The highest BCUT2D eigenvalue weighted by Gasteiger charge is 2.32. The van der Waals surface area contributed by atoms with E-state index < -0.39 is 0 Å². The number of primary amides is 1. The van der Waals surface area contributed by atoms with Crippen LogP contribution < -0.4 is 15.5 Å². The molecule has 0 radical (unpaired) electrons. The maximum absolute atomic E-state index is 12.3. The Kier molecular flexibility index (Phi) is 6.22. The van der Waals surface area contributed by atoms with Crippen molar-refractivity contribution in [2.45, 2.75) is 57.3 Å². The fourth-order valence-corrected chi connectivity index (χ4v) is 5.76. The number of aromatic nitrogens is 4. The predicted octanol–water partition coefficient (Wildman–Crippen LogP) is 2.87. The molecule has 6 heterocycles. The number of hydrogen-bond donors (Lipinski definition) is 1. The minimum atomic E-state index is -0.330. The molecule has 3 aromatic heterocycles. The predicted molar refractivity (Wildman–Crippen MR) is 137 cm³/mol. The number of amides is 1. The van der Waals surface area contributed by atoms with Crippen LogP contribution in [0.4, 0.5) is 11.5 Å². The summed E-state index contributed by atoms with van der Waals surface area (Å²) in [5, 5.41) is 5.56. The largest absolute Gasteiger partial charge is 0.377 e. The van der Waals surface area contributed by atoms with Gasteiger partial charge in [-0.3, -0.25) is 9.78 Å². The summed E-state index contributed by atoms with van der Waals surface area (Å²) in [5.74, 6) is 0.568. The molecule has 0 bridgehead atoms. The number of rotatable bonds is 5. The third-order valence-electron chi connectivity index (χ3n) is 7.59. The molecule has 6 rings (SSSR count). The van der Waals surface area contributed by atoms with Crippen LogP contribution in [0.15, 0.2) is 30.6 Å². The van der Waals surface area contributed by atoms with Crippen molar-refractivity contribution in [3.8, 4) is 11.4 Å². The Hall–Kier alpha value is -3.24. The molecule has 1 amide bonds. The lowest BCUT2D eigenvalue weighted by Gasteiger charge is -2.35. The van der Waals surface area contributed by atoms with Gasteiger partial charge in [0.2, 0.25) is 5.91 Å². The number of morpholine rings is 1. The molecule has 10 heteroatoms. The van der Waals surface area contributed by atoms with Crippen molar-refractivity contribution < 1.29 is 14.3 Å². The Morgan fingerprint density at radius 2 is 2.00 bits per heavy atom. The summed E-state index contributed by atoms with van der Waals surface area (Å²) in [5.41, 5.74) is 9.22. The Bertz CT molecular complexity index is 1260. The molecule has 3 fully saturated rings. The maximum atomic E-state index is 12.3. The molecule has 3 aliphatic heterocycles. The molecule has 36 heavy (non-hydrogen) atoms. The van der Waals surface area contributed by atoms with E-state index in [0.29, 0.717) is 13.2 Å². The Morgan fingerprint density at radius 1 is 1.08 bits per heavy atom. The third kappa shape index (κ3) is 4.08. The summed E-state index contributed by atoms with van der Waals surface area (Å²) >= 11 is 0. The first-order valence-electron chi connectivity index (χ1n) is 13.0. The SMILES string of the molecule is C[C@@H]1COCCN1c1cc(N2CCC[C@H]2C(N)=O)c2ccnc(-c3ccnn3C3CCCCO3)c2n1. The molecule has 10 nitrogen and oxygen atoms in total. The van der Waals surface area contributed by atoms with Gasteiger partial charge >= 0.3 is 0 Å². The van der Waals surface area contributed by atoms with E-state index >= 15 is 0 Å². The van der Waals surface area contributed by atoms with E-state index in [1.54, 1.807) is 6.20 Å². The lowest BCUT2D eigenvalue weighted by molar-refractivity contribution is -0.119. The Labute approximate surface area is 210 Å². The van der Waals surface area contributed by atoms with Gasteiger partial charge in [-0.1, -0.05) is 0 Å². The highest BCUT2D eigenvalue weighted by atomic mass is 16.5. The summed E-state index contributed by atoms with van der Waals surface area (Å²) < 4.78 is 13.7. The number of nitrogens with zero attached hydrogens (tertiary/aromatic N) is 6. The van der Waals surface area contributed by atoms with Crippen LogP contribution in [0.3, 0.4) is 0 Å². The van der Waals surface area contributed by atoms with Crippen molar-refractivity contribution in [2.24, 2.45) is 5.73 Å². The molecule has 0 aromatic carbocycles. The van der Waals surface area contributed by atoms with Gasteiger partial charge in [0.05, 0.1) is 30.6 Å². The van der Waals surface area contributed by atoms with Gasteiger partial charge in [0, 0.05) is 43.5 Å². The number of carbonyl (C=O) groups is 1. The van der Waals surface area contributed by atoms with E-state index in [1.807, 2.05) is 23.0 Å². The molecular formula is C26H33N7O3. The second-order valence-electron chi connectivity index (χ2n) is 9.91. The van der Waals surface area contributed by atoms with Crippen LogP contribution in [0.1, 0.15) is 45.3 Å². The van der Waals surface area contributed by atoms with Crippen molar-refractivity contribution >= 4 is 28.3 Å². The van der Waals surface area contributed by atoms with Gasteiger partial charge in [-0.25, -0.2) is 9.67 Å². The van der Waals surface area contributed by atoms with Crippen LogP contribution in [-0.2, 0) is 14.3 Å². The zero-order chi connectivity index (χ0) is 24.6. The van der Waals surface area contributed by atoms with Crippen LogP contribution in [0.2, 0.25) is 0 Å². The number of carbonyl (C=O) groups excluding carboxylic acids is 1. The minimum Gasteiger partial charge on any atom is -0.377 e. The van der Waals surface area contributed by atoms with Gasteiger partial charge in [-0.05, 0) is 51.2 Å². The quantitative estimate of drug-likeness (QED) is 0.580. The summed E-state index contributed by atoms with van der Waals surface area (Å²) in [6, 6.07) is 5.93. The van der Waals surface area contributed by atoms with E-state index in [9.17, 15) is 4.79 Å². The van der Waals surface area contributed by atoms with Gasteiger partial charge in [0.1, 0.15) is 23.1 Å². The molecule has 3 atom stereocenters. The van der Waals surface area contributed by atoms with Crippen molar-refractivity contribution in [1.82, 2.24) is 19.7 Å². The first-order chi connectivity index (χ1) is 17.6. The summed E-state index contributed by atoms with van der Waals surface area (Å²) in [6.45, 7) is 5.70. The van der Waals surface area contributed by atoms with Crippen molar-refractivity contribution in [3.63, 3.8) is 0 Å². The highest BCUT2D eigenvalue weighted by molar-refractivity contribution is 6.01. The molecule has 0 saturated carbocycles. The molecule has 190 valence electrons. The number of anilines is 2. The Morgan fingerprint density at radius 3 is 2.81 bits per heavy atom. The average molecular weight is 492 g/mol. The minimum absolute atomic E-state index is 0.111. The zero-order valence-electron chi connectivity index (χ0n) is 20.7. The van der Waals surface area contributed by atoms with Crippen molar-refractivity contribution in [2.75, 3.05) is 42.7 Å². The van der Waals surface area contributed by atoms with E-state index in [-0.39, 0.29) is 24.2 Å². The topological polar surface area (TPSA) is 112 Å². The van der Waals surface area contributed by atoms with Crippen molar-refractivity contribution in [3.05, 3.63) is 30.6 Å². The molecule has 3 aliphatic rings. The third-order valence-corrected chi connectivity index (χ3v) is 7.59. The first-order valence-corrected chi connectivity index (χ1v) is 13.0. The van der Waals surface area contributed by atoms with E-state index in [0.717, 1.165) is 85.6 Å². The van der Waals surface area contributed by atoms with Crippen LogP contribution in [-0.4, -0.2) is 70.6 Å². The molecule has 2 N–H and O–H groups in total. The molecular weight excluding hydrogens is 458 g/mol. The van der Waals surface area contributed by atoms with Crippen LogP contribution in [0, 0.1) is 0 Å². The Balaban J connectivity index is 1.53. The second-order valence-corrected chi connectivity index (χ2v) is 9.91. The first kappa shape index (κ1) is 23.2. The number of ether oxygens (including phenoxy) is 2. The fourth-order valence-electron chi connectivity index (χ4n) is 5.76. The van der Waals surface area contributed by atoms with E-state index in [4.69, 9.17) is 25.2 Å². The monoisotopic (exact) mass is 491 g/mol. The molecule has 3 aromatic rings. The highest BCUT2D eigenvalue weighted by Crippen LogP contribution is 2.39. The number of fused-ring (bicyclic) bond motifs is 1. The van der Waals surface area contributed by atoms with E-state index in [2.05, 4.69) is 27.9 Å².